The molecule has 0 spiro atoms. The van der Waals surface area contributed by atoms with Crippen LogP contribution in [-0.2, 0) is 0 Å². The van der Waals surface area contributed by atoms with Crippen molar-refractivity contribution in [2.75, 3.05) is 11.4 Å². The van der Waals surface area contributed by atoms with E-state index in [9.17, 15) is 4.39 Å². The molecule has 0 aromatic heterocycles. The van der Waals surface area contributed by atoms with Crippen LogP contribution in [0.25, 0.3) is 0 Å². The monoisotopic (exact) mass is 286 g/mol. The Morgan fingerprint density at radius 1 is 1.10 bits per heavy atom. The van der Waals surface area contributed by atoms with Crippen molar-refractivity contribution in [3.05, 3.63) is 59.9 Å². The van der Waals surface area contributed by atoms with Gasteiger partial charge in [0.1, 0.15) is 5.82 Å². The average molecular weight is 286 g/mol. The van der Waals surface area contributed by atoms with E-state index in [4.69, 9.17) is 5.73 Å². The van der Waals surface area contributed by atoms with E-state index < -0.39 is 0 Å². The highest BCUT2D eigenvalue weighted by atomic mass is 19.1. The second kappa shape index (κ2) is 7.23. The largest absolute Gasteiger partial charge is 0.339 e. The Kier molecular flexibility index (Phi) is 5.34. The van der Waals surface area contributed by atoms with Crippen molar-refractivity contribution < 1.29 is 4.39 Å². The Hall–Kier alpha value is -1.87. The van der Waals surface area contributed by atoms with Gasteiger partial charge in [-0.15, -0.1) is 0 Å². The summed E-state index contributed by atoms with van der Waals surface area (Å²) >= 11 is 0. The molecule has 0 fully saturated rings. The second-order valence-corrected chi connectivity index (χ2v) is 5.31. The van der Waals surface area contributed by atoms with E-state index in [1.165, 1.54) is 6.07 Å². The summed E-state index contributed by atoms with van der Waals surface area (Å²) in [5.41, 5.74) is 8.48. The third-order valence-electron chi connectivity index (χ3n) is 3.58. The molecule has 3 heteroatoms. The van der Waals surface area contributed by atoms with E-state index in [-0.39, 0.29) is 11.9 Å². The van der Waals surface area contributed by atoms with Gasteiger partial charge in [-0.3, -0.25) is 0 Å². The molecule has 0 aliphatic rings. The molecule has 0 amide bonds. The number of nitrogens with two attached hydrogens (primary N) is 1. The van der Waals surface area contributed by atoms with Crippen molar-refractivity contribution in [1.82, 2.24) is 0 Å². The van der Waals surface area contributed by atoms with Crippen molar-refractivity contribution in [2.24, 2.45) is 5.73 Å². The Bertz CT molecular complexity index is 567. The molecule has 2 N–H and O–H groups in total. The van der Waals surface area contributed by atoms with Crippen LogP contribution in [-0.4, -0.2) is 6.54 Å². The number of hydrogen-bond donors (Lipinski definition) is 1. The lowest BCUT2D eigenvalue weighted by molar-refractivity contribution is 0.616. The molecule has 0 aliphatic carbocycles. The van der Waals surface area contributed by atoms with Crippen LogP contribution in [0.4, 0.5) is 15.8 Å². The van der Waals surface area contributed by atoms with Crippen molar-refractivity contribution in [3.63, 3.8) is 0 Å². The van der Waals surface area contributed by atoms with Gasteiger partial charge in [-0.1, -0.05) is 43.7 Å². The SMILES string of the molecule is CCCCN(c1ccccc1)c1c(F)cccc1[C@@H](C)N. The summed E-state index contributed by atoms with van der Waals surface area (Å²) < 4.78 is 14.5. The molecular weight excluding hydrogens is 263 g/mol. The van der Waals surface area contributed by atoms with Gasteiger partial charge in [-0.25, -0.2) is 4.39 Å². The summed E-state index contributed by atoms with van der Waals surface area (Å²) in [6, 6.07) is 14.9. The Labute approximate surface area is 126 Å². The molecule has 0 saturated carbocycles. The second-order valence-electron chi connectivity index (χ2n) is 5.31. The van der Waals surface area contributed by atoms with Gasteiger partial charge in [0.25, 0.3) is 0 Å². The average Bonchev–Trinajstić information content (AvgIpc) is 2.49. The van der Waals surface area contributed by atoms with Crippen LogP contribution < -0.4 is 10.6 Å². The Morgan fingerprint density at radius 2 is 1.81 bits per heavy atom. The van der Waals surface area contributed by atoms with E-state index in [0.717, 1.165) is 30.6 Å². The minimum Gasteiger partial charge on any atom is -0.339 e. The zero-order valence-corrected chi connectivity index (χ0v) is 12.7. The van der Waals surface area contributed by atoms with Crippen LogP contribution in [0.1, 0.15) is 38.3 Å². The highest BCUT2D eigenvalue weighted by molar-refractivity contribution is 5.67. The van der Waals surface area contributed by atoms with Crippen molar-refractivity contribution in [2.45, 2.75) is 32.7 Å². The highest BCUT2D eigenvalue weighted by Gasteiger charge is 2.19. The summed E-state index contributed by atoms with van der Waals surface area (Å²) in [4.78, 5) is 2.04. The fraction of sp³-hybridized carbons (Fsp3) is 0.333. The maximum Gasteiger partial charge on any atom is 0.147 e. The molecule has 2 rings (SSSR count). The number of rotatable bonds is 6. The molecule has 2 aromatic carbocycles. The summed E-state index contributed by atoms with van der Waals surface area (Å²) in [6.45, 7) is 4.80. The van der Waals surface area contributed by atoms with E-state index in [0.29, 0.717) is 5.69 Å². The maximum atomic E-state index is 14.5. The van der Waals surface area contributed by atoms with Crippen molar-refractivity contribution in [3.8, 4) is 0 Å². The van der Waals surface area contributed by atoms with Crippen LogP contribution in [0.2, 0.25) is 0 Å². The Morgan fingerprint density at radius 3 is 2.43 bits per heavy atom. The van der Waals surface area contributed by atoms with Crippen LogP contribution in [0, 0.1) is 5.82 Å². The fourth-order valence-corrected chi connectivity index (χ4v) is 2.48. The lowest BCUT2D eigenvalue weighted by Crippen LogP contribution is -2.23. The van der Waals surface area contributed by atoms with E-state index >= 15 is 0 Å². The zero-order valence-electron chi connectivity index (χ0n) is 12.7. The maximum absolute atomic E-state index is 14.5. The number of unbranched alkanes of at least 4 members (excludes halogenated alkanes) is 1. The first-order valence-corrected chi connectivity index (χ1v) is 7.51. The number of para-hydroxylation sites is 2. The van der Waals surface area contributed by atoms with Gasteiger partial charge < -0.3 is 10.6 Å². The summed E-state index contributed by atoms with van der Waals surface area (Å²) in [7, 11) is 0. The first-order chi connectivity index (χ1) is 10.1. The van der Waals surface area contributed by atoms with Gasteiger partial charge in [-0.05, 0) is 37.1 Å². The van der Waals surface area contributed by atoms with Crippen molar-refractivity contribution in [1.29, 1.82) is 0 Å². The van der Waals surface area contributed by atoms with Crippen molar-refractivity contribution >= 4 is 11.4 Å². The van der Waals surface area contributed by atoms with Gasteiger partial charge in [0.15, 0.2) is 0 Å². The predicted molar refractivity (Wildman–Crippen MR) is 87.4 cm³/mol. The minimum absolute atomic E-state index is 0.205. The molecule has 0 aliphatic heterocycles. The number of nitrogens with zero attached hydrogens (tertiary/aromatic N) is 1. The Balaban J connectivity index is 2.51. The minimum atomic E-state index is -0.218. The van der Waals surface area contributed by atoms with Gasteiger partial charge in [0, 0.05) is 18.3 Å². The van der Waals surface area contributed by atoms with Crippen LogP contribution in [0.15, 0.2) is 48.5 Å². The van der Waals surface area contributed by atoms with E-state index in [2.05, 4.69) is 6.92 Å². The number of hydrogen-bond acceptors (Lipinski definition) is 2. The third kappa shape index (κ3) is 3.61. The topological polar surface area (TPSA) is 29.3 Å². The lowest BCUT2D eigenvalue weighted by atomic mass is 10.0. The number of halogens is 1. The standard InChI is InChI=1S/C18H23FN2/c1-3-4-13-21(15-9-6-5-7-10-15)18-16(14(2)20)11-8-12-17(18)19/h5-12,14H,3-4,13,20H2,1-2H3/t14-/m1/s1. The van der Waals surface area contributed by atoms with Crippen LogP contribution in [0.5, 0.6) is 0 Å². The molecule has 0 bridgehead atoms. The summed E-state index contributed by atoms with van der Waals surface area (Å²) in [5, 5.41) is 0. The molecule has 0 saturated heterocycles. The molecule has 0 radical (unpaired) electrons. The predicted octanol–water partition coefficient (Wildman–Crippen LogP) is 4.78. The quantitative estimate of drug-likeness (QED) is 0.827. The molecule has 0 unspecified atom stereocenters. The summed E-state index contributed by atoms with van der Waals surface area (Å²) in [5.74, 6) is -0.218. The van der Waals surface area contributed by atoms with Gasteiger partial charge in [0.2, 0.25) is 0 Å². The van der Waals surface area contributed by atoms with Gasteiger partial charge in [-0.2, -0.15) is 0 Å². The molecule has 2 nitrogen and oxygen atoms in total. The molecule has 0 heterocycles. The lowest BCUT2D eigenvalue weighted by Gasteiger charge is -2.28. The highest BCUT2D eigenvalue weighted by Crippen LogP contribution is 2.34. The zero-order chi connectivity index (χ0) is 15.2. The normalized spacial score (nSPS) is 12.2. The molecular formula is C18H23FN2. The number of anilines is 2. The van der Waals surface area contributed by atoms with Crippen LogP contribution >= 0.6 is 0 Å². The van der Waals surface area contributed by atoms with E-state index in [1.54, 1.807) is 6.07 Å². The van der Waals surface area contributed by atoms with Gasteiger partial charge >= 0.3 is 0 Å². The first kappa shape index (κ1) is 15.5. The number of benzene rings is 2. The fourth-order valence-electron chi connectivity index (χ4n) is 2.48. The smallest absolute Gasteiger partial charge is 0.147 e. The van der Waals surface area contributed by atoms with Gasteiger partial charge in [0.05, 0.1) is 5.69 Å². The van der Waals surface area contributed by atoms with Crippen LogP contribution in [0.3, 0.4) is 0 Å². The third-order valence-corrected chi connectivity index (χ3v) is 3.58. The first-order valence-electron chi connectivity index (χ1n) is 7.51. The summed E-state index contributed by atoms with van der Waals surface area (Å²) in [6.07, 6.45) is 2.06. The van der Waals surface area contributed by atoms with E-state index in [1.807, 2.05) is 48.2 Å². The molecule has 2 aromatic rings. The molecule has 21 heavy (non-hydrogen) atoms. The molecule has 112 valence electrons. The molecule has 1 atom stereocenters.